The molecule has 1 atom stereocenters. The highest BCUT2D eigenvalue weighted by Gasteiger charge is 2.22. The molecule has 1 aliphatic rings. The van der Waals surface area contributed by atoms with Crippen molar-refractivity contribution < 1.29 is 9.53 Å². The molecule has 1 aromatic heterocycles. The first kappa shape index (κ1) is 18.7. The van der Waals surface area contributed by atoms with Crippen molar-refractivity contribution in [2.75, 3.05) is 7.11 Å². The molecule has 4 rings (SSSR count). The molecule has 0 saturated carbocycles. The number of hydrogen-bond acceptors (Lipinski definition) is 5. The first-order valence-electron chi connectivity index (χ1n) is 9.43. The molecule has 144 valence electrons. The highest BCUT2D eigenvalue weighted by molar-refractivity contribution is 8.00. The number of benzene rings is 2. The Labute approximate surface area is 169 Å². The number of methoxy groups -OCH3 is 1. The van der Waals surface area contributed by atoms with Crippen LogP contribution in [0.25, 0.3) is 11.4 Å². The molecule has 0 aliphatic heterocycles. The molecule has 0 bridgehead atoms. The summed E-state index contributed by atoms with van der Waals surface area (Å²) in [6, 6.07) is 13.8. The van der Waals surface area contributed by atoms with Crippen molar-refractivity contribution in [3.05, 3.63) is 59.2 Å². The van der Waals surface area contributed by atoms with Gasteiger partial charge in [-0.05, 0) is 67.6 Å². The van der Waals surface area contributed by atoms with Gasteiger partial charge in [-0.25, -0.2) is 0 Å². The van der Waals surface area contributed by atoms with E-state index in [2.05, 4.69) is 22.3 Å². The predicted molar refractivity (Wildman–Crippen MR) is 111 cm³/mol. The summed E-state index contributed by atoms with van der Waals surface area (Å²) in [4.78, 5) is 12.9. The molecule has 0 radical (unpaired) electrons. The molecule has 1 heterocycles. The Hall–Kier alpha value is -2.60. The number of fused-ring (bicyclic) bond motifs is 1. The van der Waals surface area contributed by atoms with Crippen molar-refractivity contribution in [1.29, 1.82) is 0 Å². The zero-order valence-corrected chi connectivity index (χ0v) is 17.1. The van der Waals surface area contributed by atoms with Crippen LogP contribution in [0.5, 0.6) is 5.75 Å². The van der Waals surface area contributed by atoms with E-state index in [4.69, 9.17) is 4.74 Å². The van der Waals surface area contributed by atoms with Gasteiger partial charge in [-0.15, -0.1) is 10.2 Å². The Kier molecular flexibility index (Phi) is 5.22. The first-order valence-corrected chi connectivity index (χ1v) is 10.3. The second-order valence-corrected chi connectivity index (χ2v) is 8.36. The number of Topliss-reactive ketones (excluding diaryl/α,β-unsaturated/α-hetero) is 1. The van der Waals surface area contributed by atoms with E-state index < -0.39 is 0 Å². The number of carbonyl (C=O) groups excluding carboxylic acids is 1. The molecule has 0 unspecified atom stereocenters. The molecule has 3 aromatic rings. The van der Waals surface area contributed by atoms with Crippen LogP contribution in [-0.4, -0.2) is 32.9 Å². The van der Waals surface area contributed by atoms with Gasteiger partial charge in [-0.2, -0.15) is 0 Å². The minimum absolute atomic E-state index is 0.133. The Bertz CT molecular complexity index is 1010. The van der Waals surface area contributed by atoms with Crippen LogP contribution >= 0.6 is 11.8 Å². The molecule has 1 aliphatic carbocycles. The number of aromatic nitrogens is 3. The smallest absolute Gasteiger partial charge is 0.191 e. The standard InChI is InChI=1S/C22H23N3O2S/c1-14(20(26)18-8-7-15-5-4-6-17(15)13-18)28-22-24-23-21(25(22)2)16-9-11-19(27-3)12-10-16/h7-14H,4-6H2,1-3H3/t14-/m0/s1. The zero-order chi connectivity index (χ0) is 19.7. The van der Waals surface area contributed by atoms with Crippen molar-refractivity contribution in [1.82, 2.24) is 14.8 Å². The van der Waals surface area contributed by atoms with Gasteiger partial charge in [0.1, 0.15) is 5.75 Å². The van der Waals surface area contributed by atoms with Gasteiger partial charge in [-0.3, -0.25) is 4.79 Å². The Morgan fingerprint density at radius 2 is 1.86 bits per heavy atom. The third-order valence-electron chi connectivity index (χ3n) is 5.22. The quantitative estimate of drug-likeness (QED) is 0.460. The van der Waals surface area contributed by atoms with Crippen molar-refractivity contribution in [3.8, 4) is 17.1 Å². The molecular weight excluding hydrogens is 370 g/mol. The fraction of sp³-hybridized carbons (Fsp3) is 0.318. The summed E-state index contributed by atoms with van der Waals surface area (Å²) in [5, 5.41) is 9.11. The van der Waals surface area contributed by atoms with Crippen molar-refractivity contribution in [3.63, 3.8) is 0 Å². The lowest BCUT2D eigenvalue weighted by Crippen LogP contribution is -2.14. The maximum absolute atomic E-state index is 12.9. The Morgan fingerprint density at radius 1 is 1.11 bits per heavy atom. The van der Waals surface area contributed by atoms with E-state index >= 15 is 0 Å². The third kappa shape index (κ3) is 3.56. The van der Waals surface area contributed by atoms with Crippen LogP contribution in [0.15, 0.2) is 47.6 Å². The van der Waals surface area contributed by atoms with Gasteiger partial charge in [0.2, 0.25) is 0 Å². The molecule has 5 nitrogen and oxygen atoms in total. The van der Waals surface area contributed by atoms with Crippen LogP contribution in [0.1, 0.15) is 34.8 Å². The van der Waals surface area contributed by atoms with Gasteiger partial charge in [0, 0.05) is 18.2 Å². The van der Waals surface area contributed by atoms with E-state index in [0.29, 0.717) is 0 Å². The maximum atomic E-state index is 12.9. The summed E-state index contributed by atoms with van der Waals surface area (Å²) in [5.74, 6) is 1.70. The Morgan fingerprint density at radius 3 is 2.61 bits per heavy atom. The van der Waals surface area contributed by atoms with Crippen LogP contribution in [-0.2, 0) is 19.9 Å². The van der Waals surface area contributed by atoms with E-state index in [1.807, 2.05) is 48.9 Å². The number of ketones is 1. The summed E-state index contributed by atoms with van der Waals surface area (Å²) < 4.78 is 7.13. The molecule has 0 spiro atoms. The van der Waals surface area contributed by atoms with Crippen LogP contribution < -0.4 is 4.74 Å². The number of aryl methyl sites for hydroxylation is 2. The lowest BCUT2D eigenvalue weighted by atomic mass is 10.0. The molecule has 2 aromatic carbocycles. The molecule has 0 saturated heterocycles. The number of rotatable bonds is 6. The highest BCUT2D eigenvalue weighted by atomic mass is 32.2. The summed E-state index contributed by atoms with van der Waals surface area (Å²) >= 11 is 1.44. The summed E-state index contributed by atoms with van der Waals surface area (Å²) in [6.07, 6.45) is 3.39. The van der Waals surface area contributed by atoms with E-state index in [1.165, 1.54) is 29.3 Å². The van der Waals surface area contributed by atoms with Crippen LogP contribution in [0, 0.1) is 0 Å². The zero-order valence-electron chi connectivity index (χ0n) is 16.3. The number of hydrogen-bond donors (Lipinski definition) is 0. The van der Waals surface area contributed by atoms with Crippen LogP contribution in [0.2, 0.25) is 0 Å². The second-order valence-electron chi connectivity index (χ2n) is 7.06. The van der Waals surface area contributed by atoms with E-state index in [0.717, 1.165) is 40.7 Å². The molecule has 0 fully saturated rings. The number of thioether (sulfide) groups is 1. The normalized spacial score (nSPS) is 14.0. The van der Waals surface area contributed by atoms with Gasteiger partial charge >= 0.3 is 0 Å². The predicted octanol–water partition coefficient (Wildman–Crippen LogP) is 4.34. The average Bonchev–Trinajstić information content (AvgIpc) is 3.34. The number of carbonyl (C=O) groups is 1. The number of nitrogens with zero attached hydrogens (tertiary/aromatic N) is 3. The Balaban J connectivity index is 1.50. The average molecular weight is 394 g/mol. The van der Waals surface area contributed by atoms with Crippen molar-refractivity contribution in [2.24, 2.45) is 7.05 Å². The van der Waals surface area contributed by atoms with E-state index in [9.17, 15) is 4.79 Å². The summed E-state index contributed by atoms with van der Waals surface area (Å²) in [6.45, 7) is 1.93. The molecular formula is C22H23N3O2S. The van der Waals surface area contributed by atoms with Gasteiger partial charge < -0.3 is 9.30 Å². The number of ether oxygens (including phenoxy) is 1. The topological polar surface area (TPSA) is 57.0 Å². The van der Waals surface area contributed by atoms with E-state index in [1.54, 1.807) is 7.11 Å². The van der Waals surface area contributed by atoms with E-state index in [-0.39, 0.29) is 11.0 Å². The lowest BCUT2D eigenvalue weighted by Gasteiger charge is -2.11. The SMILES string of the molecule is COc1ccc(-c2nnc(S[C@@H](C)C(=O)c3ccc4c(c3)CCC4)n2C)cc1. The first-order chi connectivity index (χ1) is 13.6. The second kappa shape index (κ2) is 7.80. The van der Waals surface area contributed by atoms with Gasteiger partial charge in [-0.1, -0.05) is 23.9 Å². The van der Waals surface area contributed by atoms with Crippen molar-refractivity contribution >= 4 is 17.5 Å². The highest BCUT2D eigenvalue weighted by Crippen LogP contribution is 2.29. The van der Waals surface area contributed by atoms with Gasteiger partial charge in [0.15, 0.2) is 16.8 Å². The minimum atomic E-state index is -0.230. The van der Waals surface area contributed by atoms with Crippen LogP contribution in [0.4, 0.5) is 0 Å². The maximum Gasteiger partial charge on any atom is 0.191 e. The monoisotopic (exact) mass is 393 g/mol. The fourth-order valence-corrected chi connectivity index (χ4v) is 4.47. The third-order valence-corrected chi connectivity index (χ3v) is 6.35. The van der Waals surface area contributed by atoms with Crippen molar-refractivity contribution in [2.45, 2.75) is 36.6 Å². The molecule has 6 heteroatoms. The lowest BCUT2D eigenvalue weighted by molar-refractivity contribution is 0.0993. The minimum Gasteiger partial charge on any atom is -0.497 e. The van der Waals surface area contributed by atoms with Crippen LogP contribution in [0.3, 0.4) is 0 Å². The van der Waals surface area contributed by atoms with Gasteiger partial charge in [0.25, 0.3) is 0 Å². The van der Waals surface area contributed by atoms with Gasteiger partial charge in [0.05, 0.1) is 12.4 Å². The summed E-state index contributed by atoms with van der Waals surface area (Å²) in [7, 11) is 3.57. The fourth-order valence-electron chi connectivity index (χ4n) is 3.58. The largest absolute Gasteiger partial charge is 0.497 e. The molecule has 0 amide bonds. The molecule has 28 heavy (non-hydrogen) atoms. The molecule has 0 N–H and O–H groups in total. The summed E-state index contributed by atoms with van der Waals surface area (Å²) in [5.41, 5.74) is 4.45.